The van der Waals surface area contributed by atoms with Gasteiger partial charge in [0, 0.05) is 17.7 Å². The lowest BCUT2D eigenvalue weighted by Crippen LogP contribution is -2.16. The van der Waals surface area contributed by atoms with Gasteiger partial charge in [-0.25, -0.2) is 9.59 Å². The van der Waals surface area contributed by atoms with Crippen molar-refractivity contribution in [1.82, 2.24) is 0 Å². The second kappa shape index (κ2) is 7.91. The Labute approximate surface area is 166 Å². The molecule has 0 saturated heterocycles. The predicted octanol–water partition coefficient (Wildman–Crippen LogP) is 1.50. The lowest BCUT2D eigenvalue weighted by molar-refractivity contribution is -0.140. The van der Waals surface area contributed by atoms with Crippen molar-refractivity contribution in [2.45, 2.75) is 0 Å². The van der Waals surface area contributed by atoms with Crippen molar-refractivity contribution in [3.05, 3.63) is 40.6 Å². The van der Waals surface area contributed by atoms with Crippen molar-refractivity contribution in [2.75, 3.05) is 13.2 Å². The van der Waals surface area contributed by atoms with Crippen LogP contribution in [0.5, 0.6) is 28.7 Å². The Hall–Kier alpha value is -4.41. The van der Waals surface area contributed by atoms with Crippen LogP contribution in [0.15, 0.2) is 39.5 Å². The zero-order valence-electron chi connectivity index (χ0n) is 15.0. The smallest absolute Gasteiger partial charge is 0.341 e. The number of carboxylic acid groups (broad SMARTS) is 2. The summed E-state index contributed by atoms with van der Waals surface area (Å²) in [5, 5.41) is 46.7. The molecule has 11 heteroatoms. The molecule has 0 atom stereocenters. The second-order valence-corrected chi connectivity index (χ2v) is 5.97. The highest BCUT2D eigenvalue weighted by Gasteiger charge is 2.22. The van der Waals surface area contributed by atoms with Crippen LogP contribution < -0.4 is 14.9 Å². The van der Waals surface area contributed by atoms with Crippen molar-refractivity contribution in [2.24, 2.45) is 0 Å². The molecule has 0 bridgehead atoms. The molecule has 11 nitrogen and oxygen atoms in total. The first kappa shape index (κ1) is 20.3. The summed E-state index contributed by atoms with van der Waals surface area (Å²) >= 11 is 0. The van der Waals surface area contributed by atoms with Crippen LogP contribution in [0, 0.1) is 0 Å². The standard InChI is InChI=1S/C19H14O11/c20-10-2-1-8(3-11(10)21)18-19(29-7-15(25)26)17(27)16-12(22)4-9(5-13(16)30-18)28-6-14(23)24/h1-5,20-22H,6-7H2,(H,23,24)(H,25,26). The van der Waals surface area contributed by atoms with Crippen LogP contribution in [0.3, 0.4) is 0 Å². The molecule has 0 fully saturated rings. The number of hydrogen-bond acceptors (Lipinski definition) is 9. The van der Waals surface area contributed by atoms with E-state index in [1.165, 1.54) is 6.07 Å². The largest absolute Gasteiger partial charge is 0.507 e. The zero-order chi connectivity index (χ0) is 22.0. The highest BCUT2D eigenvalue weighted by Crippen LogP contribution is 2.38. The molecule has 2 aromatic carbocycles. The van der Waals surface area contributed by atoms with Gasteiger partial charge in [-0.1, -0.05) is 0 Å². The van der Waals surface area contributed by atoms with Crippen LogP contribution in [-0.2, 0) is 9.59 Å². The van der Waals surface area contributed by atoms with Gasteiger partial charge in [-0.2, -0.15) is 0 Å². The van der Waals surface area contributed by atoms with E-state index in [4.69, 9.17) is 24.1 Å². The van der Waals surface area contributed by atoms with E-state index in [9.17, 15) is 29.7 Å². The second-order valence-electron chi connectivity index (χ2n) is 5.97. The Morgan fingerprint density at radius 2 is 1.53 bits per heavy atom. The van der Waals surface area contributed by atoms with Crippen molar-refractivity contribution in [3.8, 4) is 40.1 Å². The molecular formula is C19H14O11. The Balaban J connectivity index is 2.25. The summed E-state index contributed by atoms with van der Waals surface area (Å²) in [4.78, 5) is 34.5. The number of carbonyl (C=O) groups is 2. The summed E-state index contributed by atoms with van der Waals surface area (Å²) in [6.45, 7) is -1.61. The molecule has 5 N–H and O–H groups in total. The molecule has 0 amide bonds. The number of phenols is 3. The average Bonchev–Trinajstić information content (AvgIpc) is 2.67. The highest BCUT2D eigenvalue weighted by molar-refractivity contribution is 5.88. The summed E-state index contributed by atoms with van der Waals surface area (Å²) < 4.78 is 15.7. The number of aliphatic carboxylic acids is 2. The third-order valence-corrected chi connectivity index (χ3v) is 3.85. The Kier molecular flexibility index (Phi) is 5.36. The van der Waals surface area contributed by atoms with Gasteiger partial charge in [0.15, 0.2) is 30.5 Å². The van der Waals surface area contributed by atoms with E-state index in [0.29, 0.717) is 0 Å². The Bertz CT molecular complexity index is 1210. The fourth-order valence-corrected chi connectivity index (χ4v) is 2.61. The summed E-state index contributed by atoms with van der Waals surface area (Å²) in [7, 11) is 0. The van der Waals surface area contributed by atoms with Crippen LogP contribution in [0.1, 0.15) is 0 Å². The number of carboxylic acids is 2. The van der Waals surface area contributed by atoms with Gasteiger partial charge in [0.1, 0.15) is 22.5 Å². The number of rotatable bonds is 7. The molecule has 0 saturated carbocycles. The van der Waals surface area contributed by atoms with E-state index >= 15 is 0 Å². The molecule has 1 heterocycles. The maximum atomic E-state index is 12.9. The van der Waals surface area contributed by atoms with Crippen LogP contribution in [-0.4, -0.2) is 50.7 Å². The lowest BCUT2D eigenvalue weighted by atomic mass is 10.1. The Morgan fingerprint density at radius 3 is 2.17 bits per heavy atom. The first-order valence-electron chi connectivity index (χ1n) is 8.22. The number of benzene rings is 2. The van der Waals surface area contributed by atoms with Gasteiger partial charge >= 0.3 is 11.9 Å². The molecule has 0 aliphatic rings. The van der Waals surface area contributed by atoms with E-state index in [2.05, 4.69) is 0 Å². The molecule has 0 radical (unpaired) electrons. The minimum absolute atomic E-state index is 0.0565. The fourth-order valence-electron chi connectivity index (χ4n) is 2.61. The number of phenolic OH excluding ortho intramolecular Hbond substituents is 3. The molecule has 30 heavy (non-hydrogen) atoms. The van der Waals surface area contributed by atoms with Gasteiger partial charge < -0.3 is 39.4 Å². The molecule has 1 aromatic heterocycles. The summed E-state index contributed by atoms with van der Waals surface area (Å²) in [6.07, 6.45) is 0. The molecule has 0 unspecified atom stereocenters. The average molecular weight is 418 g/mol. The maximum Gasteiger partial charge on any atom is 0.341 e. The van der Waals surface area contributed by atoms with Gasteiger partial charge in [0.25, 0.3) is 0 Å². The van der Waals surface area contributed by atoms with Crippen molar-refractivity contribution < 1.29 is 49.0 Å². The summed E-state index contributed by atoms with van der Waals surface area (Å²) in [5.41, 5.74) is -1.07. The molecule has 3 rings (SSSR count). The molecule has 0 spiro atoms. The van der Waals surface area contributed by atoms with Gasteiger partial charge in [-0.3, -0.25) is 4.79 Å². The number of ether oxygens (including phenoxy) is 2. The van der Waals surface area contributed by atoms with E-state index in [1.807, 2.05) is 0 Å². The topological polar surface area (TPSA) is 184 Å². The third-order valence-electron chi connectivity index (χ3n) is 3.85. The van der Waals surface area contributed by atoms with Crippen molar-refractivity contribution in [1.29, 1.82) is 0 Å². The third kappa shape index (κ3) is 4.04. The molecular weight excluding hydrogens is 404 g/mol. The Morgan fingerprint density at radius 1 is 0.867 bits per heavy atom. The number of hydrogen-bond donors (Lipinski definition) is 5. The SMILES string of the molecule is O=C(O)COc1cc(O)c2c(=O)c(OCC(=O)O)c(-c3ccc(O)c(O)c3)oc2c1. The van der Waals surface area contributed by atoms with Gasteiger partial charge in [0.2, 0.25) is 11.2 Å². The number of fused-ring (bicyclic) bond motifs is 1. The summed E-state index contributed by atoms with van der Waals surface area (Å²) in [6, 6.07) is 5.59. The quantitative estimate of drug-likeness (QED) is 0.350. The minimum atomic E-state index is -1.38. The van der Waals surface area contributed by atoms with Gasteiger partial charge in [-0.15, -0.1) is 0 Å². The van der Waals surface area contributed by atoms with Gasteiger partial charge in [-0.05, 0) is 18.2 Å². The van der Waals surface area contributed by atoms with E-state index in [-0.39, 0.29) is 28.0 Å². The first-order chi connectivity index (χ1) is 14.2. The molecule has 3 aromatic rings. The predicted molar refractivity (Wildman–Crippen MR) is 99.2 cm³/mol. The van der Waals surface area contributed by atoms with Crippen LogP contribution in [0.2, 0.25) is 0 Å². The van der Waals surface area contributed by atoms with Gasteiger partial charge in [0.05, 0.1) is 0 Å². The van der Waals surface area contributed by atoms with Crippen molar-refractivity contribution in [3.63, 3.8) is 0 Å². The van der Waals surface area contributed by atoms with Crippen LogP contribution in [0.25, 0.3) is 22.3 Å². The van der Waals surface area contributed by atoms with Crippen LogP contribution >= 0.6 is 0 Å². The minimum Gasteiger partial charge on any atom is -0.507 e. The zero-order valence-corrected chi connectivity index (χ0v) is 15.0. The lowest BCUT2D eigenvalue weighted by Gasteiger charge is -2.12. The molecule has 0 aliphatic carbocycles. The van der Waals surface area contributed by atoms with Crippen LogP contribution in [0.4, 0.5) is 0 Å². The summed E-state index contributed by atoms with van der Waals surface area (Å²) in [5.74, 6) is -5.20. The highest BCUT2D eigenvalue weighted by atomic mass is 16.5. The van der Waals surface area contributed by atoms with Crippen molar-refractivity contribution >= 4 is 22.9 Å². The van der Waals surface area contributed by atoms with E-state index < -0.39 is 53.6 Å². The monoisotopic (exact) mass is 418 g/mol. The normalized spacial score (nSPS) is 10.7. The number of aromatic hydroxyl groups is 3. The maximum absolute atomic E-state index is 12.9. The van der Waals surface area contributed by atoms with E-state index in [0.717, 1.165) is 24.3 Å². The molecule has 0 aliphatic heterocycles. The fraction of sp³-hybridized carbons (Fsp3) is 0.105. The molecule has 156 valence electrons. The van der Waals surface area contributed by atoms with E-state index in [1.54, 1.807) is 0 Å². The first-order valence-corrected chi connectivity index (χ1v) is 8.22.